The first kappa shape index (κ1) is 14.9. The van der Waals surface area contributed by atoms with Crippen LogP contribution < -0.4 is 10.5 Å². The fourth-order valence-electron chi connectivity index (χ4n) is 2.80. The predicted molar refractivity (Wildman–Crippen MR) is 80.0 cm³/mol. The maximum absolute atomic E-state index is 12.6. The second-order valence-electron chi connectivity index (χ2n) is 5.56. The number of nitrogens with two attached hydrogens (primary N) is 1. The van der Waals surface area contributed by atoms with Gasteiger partial charge in [-0.1, -0.05) is 19.4 Å². The maximum Gasteiger partial charge on any atom is 0.253 e. The van der Waals surface area contributed by atoms with Crippen molar-refractivity contribution in [3.63, 3.8) is 0 Å². The highest BCUT2D eigenvalue weighted by Gasteiger charge is 2.28. The lowest BCUT2D eigenvalue weighted by molar-refractivity contribution is 0.0649. The number of amides is 1. The van der Waals surface area contributed by atoms with Crippen molar-refractivity contribution in [2.24, 2.45) is 11.7 Å². The molecular formula is C16H24N2O2. The van der Waals surface area contributed by atoms with Gasteiger partial charge in [0.1, 0.15) is 5.75 Å². The normalized spacial score (nSPS) is 22.7. The fraction of sp³-hybridized carbons (Fsp3) is 0.562. The van der Waals surface area contributed by atoms with Gasteiger partial charge in [-0.15, -0.1) is 0 Å². The standard InChI is InChI=1S/C16H24N2O2/c1-4-12-10-18(8-7-14(12)17)16(19)13-6-5-11(2)15(9-13)20-3/h5-6,9,12,14H,4,7-8,10,17H2,1-3H3. The molecule has 2 rings (SSSR count). The third-order valence-electron chi connectivity index (χ3n) is 4.26. The topological polar surface area (TPSA) is 55.6 Å². The Balaban J connectivity index is 2.15. The second-order valence-corrected chi connectivity index (χ2v) is 5.56. The van der Waals surface area contributed by atoms with Crippen molar-refractivity contribution in [2.45, 2.75) is 32.7 Å². The summed E-state index contributed by atoms with van der Waals surface area (Å²) in [5, 5.41) is 0. The van der Waals surface area contributed by atoms with Crippen LogP contribution in [-0.4, -0.2) is 37.0 Å². The summed E-state index contributed by atoms with van der Waals surface area (Å²) in [6.07, 6.45) is 1.90. The number of nitrogens with zero attached hydrogens (tertiary/aromatic N) is 1. The van der Waals surface area contributed by atoms with Crippen LogP contribution in [-0.2, 0) is 0 Å². The third-order valence-corrected chi connectivity index (χ3v) is 4.26. The van der Waals surface area contributed by atoms with Crippen LogP contribution in [0, 0.1) is 12.8 Å². The molecule has 1 fully saturated rings. The number of hydrogen-bond acceptors (Lipinski definition) is 3. The third kappa shape index (κ3) is 2.96. The van der Waals surface area contributed by atoms with Gasteiger partial charge in [0.25, 0.3) is 5.91 Å². The molecule has 1 aliphatic rings. The van der Waals surface area contributed by atoms with E-state index in [1.807, 2.05) is 30.0 Å². The monoisotopic (exact) mass is 276 g/mol. The van der Waals surface area contributed by atoms with E-state index in [1.165, 1.54) is 0 Å². The van der Waals surface area contributed by atoms with Crippen molar-refractivity contribution in [1.29, 1.82) is 0 Å². The summed E-state index contributed by atoms with van der Waals surface area (Å²) in [7, 11) is 1.63. The van der Waals surface area contributed by atoms with E-state index in [9.17, 15) is 4.79 Å². The molecule has 2 atom stereocenters. The quantitative estimate of drug-likeness (QED) is 0.921. The largest absolute Gasteiger partial charge is 0.496 e. The number of carbonyl (C=O) groups excluding carboxylic acids is 1. The molecule has 0 saturated carbocycles. The Morgan fingerprint density at radius 2 is 2.25 bits per heavy atom. The number of ether oxygens (including phenoxy) is 1. The lowest BCUT2D eigenvalue weighted by Gasteiger charge is -2.36. The van der Waals surface area contributed by atoms with Crippen molar-refractivity contribution in [2.75, 3.05) is 20.2 Å². The molecule has 20 heavy (non-hydrogen) atoms. The molecule has 4 heteroatoms. The van der Waals surface area contributed by atoms with E-state index in [0.717, 1.165) is 37.2 Å². The van der Waals surface area contributed by atoms with E-state index in [1.54, 1.807) is 7.11 Å². The first-order valence-corrected chi connectivity index (χ1v) is 7.26. The van der Waals surface area contributed by atoms with E-state index in [4.69, 9.17) is 10.5 Å². The van der Waals surface area contributed by atoms with Gasteiger partial charge in [0, 0.05) is 24.7 Å². The Kier molecular flexibility index (Phi) is 4.65. The van der Waals surface area contributed by atoms with Gasteiger partial charge in [-0.05, 0) is 37.0 Å². The van der Waals surface area contributed by atoms with E-state index >= 15 is 0 Å². The smallest absolute Gasteiger partial charge is 0.253 e. The average molecular weight is 276 g/mol. The Morgan fingerprint density at radius 1 is 1.50 bits per heavy atom. The SMILES string of the molecule is CCC1CN(C(=O)c2ccc(C)c(OC)c2)CCC1N. The zero-order valence-corrected chi connectivity index (χ0v) is 12.6. The van der Waals surface area contributed by atoms with E-state index in [2.05, 4.69) is 6.92 Å². The van der Waals surface area contributed by atoms with E-state index < -0.39 is 0 Å². The number of rotatable bonds is 3. The molecule has 1 saturated heterocycles. The van der Waals surface area contributed by atoms with Crippen molar-refractivity contribution < 1.29 is 9.53 Å². The van der Waals surface area contributed by atoms with E-state index in [0.29, 0.717) is 11.5 Å². The number of likely N-dealkylation sites (tertiary alicyclic amines) is 1. The van der Waals surface area contributed by atoms with Crippen molar-refractivity contribution >= 4 is 5.91 Å². The second kappa shape index (κ2) is 6.27. The maximum atomic E-state index is 12.6. The molecule has 0 bridgehead atoms. The molecule has 4 nitrogen and oxygen atoms in total. The minimum Gasteiger partial charge on any atom is -0.496 e. The molecule has 0 radical (unpaired) electrons. The minimum atomic E-state index is 0.0775. The zero-order chi connectivity index (χ0) is 14.7. The molecule has 2 N–H and O–H groups in total. The van der Waals surface area contributed by atoms with Crippen LogP contribution in [0.15, 0.2) is 18.2 Å². The van der Waals surface area contributed by atoms with Gasteiger partial charge in [-0.3, -0.25) is 4.79 Å². The fourth-order valence-corrected chi connectivity index (χ4v) is 2.80. The van der Waals surface area contributed by atoms with Gasteiger partial charge in [0.05, 0.1) is 7.11 Å². The highest BCUT2D eigenvalue weighted by Crippen LogP contribution is 2.23. The molecule has 0 aromatic heterocycles. The van der Waals surface area contributed by atoms with Gasteiger partial charge < -0.3 is 15.4 Å². The van der Waals surface area contributed by atoms with Crippen LogP contribution in [0.4, 0.5) is 0 Å². The first-order valence-electron chi connectivity index (χ1n) is 7.26. The number of hydrogen-bond donors (Lipinski definition) is 1. The zero-order valence-electron chi connectivity index (χ0n) is 12.6. The summed E-state index contributed by atoms with van der Waals surface area (Å²) in [4.78, 5) is 14.5. The van der Waals surface area contributed by atoms with Gasteiger partial charge in [-0.2, -0.15) is 0 Å². The minimum absolute atomic E-state index is 0.0775. The molecule has 2 unspecified atom stereocenters. The van der Waals surface area contributed by atoms with Crippen LogP contribution in [0.2, 0.25) is 0 Å². The molecule has 1 aliphatic heterocycles. The van der Waals surface area contributed by atoms with Crippen LogP contribution in [0.25, 0.3) is 0 Å². The number of aryl methyl sites for hydroxylation is 1. The number of carbonyl (C=O) groups is 1. The molecular weight excluding hydrogens is 252 g/mol. The van der Waals surface area contributed by atoms with Crippen LogP contribution in [0.3, 0.4) is 0 Å². The number of methoxy groups -OCH3 is 1. The molecule has 1 amide bonds. The highest BCUT2D eigenvalue weighted by molar-refractivity contribution is 5.94. The van der Waals surface area contributed by atoms with Crippen molar-refractivity contribution in [3.8, 4) is 5.75 Å². The highest BCUT2D eigenvalue weighted by atomic mass is 16.5. The molecule has 0 spiro atoms. The van der Waals surface area contributed by atoms with Crippen LogP contribution >= 0.6 is 0 Å². The lowest BCUT2D eigenvalue weighted by Crippen LogP contribution is -2.49. The Labute approximate surface area is 120 Å². The first-order chi connectivity index (χ1) is 9.56. The summed E-state index contributed by atoms with van der Waals surface area (Å²) >= 11 is 0. The van der Waals surface area contributed by atoms with Crippen molar-refractivity contribution in [1.82, 2.24) is 4.90 Å². The summed E-state index contributed by atoms with van der Waals surface area (Å²) in [5.41, 5.74) is 7.83. The summed E-state index contributed by atoms with van der Waals surface area (Å²) in [6, 6.07) is 5.85. The van der Waals surface area contributed by atoms with Gasteiger partial charge >= 0.3 is 0 Å². The number of piperidine rings is 1. The predicted octanol–water partition coefficient (Wildman–Crippen LogP) is 2.20. The Bertz CT molecular complexity index is 487. The van der Waals surface area contributed by atoms with Crippen molar-refractivity contribution in [3.05, 3.63) is 29.3 Å². The Hall–Kier alpha value is -1.55. The molecule has 1 aromatic carbocycles. The van der Waals surface area contributed by atoms with Crippen LogP contribution in [0.5, 0.6) is 5.75 Å². The van der Waals surface area contributed by atoms with Gasteiger partial charge in [-0.25, -0.2) is 0 Å². The lowest BCUT2D eigenvalue weighted by atomic mass is 9.90. The summed E-state index contributed by atoms with van der Waals surface area (Å²) in [6.45, 7) is 5.60. The molecule has 1 aromatic rings. The molecule has 110 valence electrons. The van der Waals surface area contributed by atoms with Gasteiger partial charge in [0.2, 0.25) is 0 Å². The summed E-state index contributed by atoms with van der Waals surface area (Å²) < 4.78 is 5.29. The Morgan fingerprint density at radius 3 is 2.90 bits per heavy atom. The average Bonchev–Trinajstić information content (AvgIpc) is 2.47. The molecule has 1 heterocycles. The van der Waals surface area contributed by atoms with Crippen LogP contribution in [0.1, 0.15) is 35.7 Å². The summed E-state index contributed by atoms with van der Waals surface area (Å²) in [5.74, 6) is 1.24. The number of benzene rings is 1. The van der Waals surface area contributed by atoms with E-state index in [-0.39, 0.29) is 11.9 Å². The molecule has 0 aliphatic carbocycles. The van der Waals surface area contributed by atoms with Gasteiger partial charge in [0.15, 0.2) is 0 Å².